The fourth-order valence-corrected chi connectivity index (χ4v) is 4.65. The summed E-state index contributed by atoms with van der Waals surface area (Å²) in [7, 11) is 0. The number of amides is 2. The number of benzene rings is 1. The molecule has 2 aliphatic rings. The van der Waals surface area contributed by atoms with E-state index in [1.165, 1.54) is 12.8 Å². The maximum Gasteiger partial charge on any atom is 0.239 e. The summed E-state index contributed by atoms with van der Waals surface area (Å²) in [6.45, 7) is 5.10. The van der Waals surface area contributed by atoms with Gasteiger partial charge in [0, 0.05) is 61.9 Å². The Morgan fingerprint density at radius 2 is 1.83 bits per heavy atom. The lowest BCUT2D eigenvalue weighted by Crippen LogP contribution is -2.51. The number of carbonyl (C=O) groups is 2. The van der Waals surface area contributed by atoms with Gasteiger partial charge in [-0.05, 0) is 36.4 Å². The number of aromatic nitrogens is 1. The summed E-state index contributed by atoms with van der Waals surface area (Å²) >= 11 is 6.08. The number of nitrogens with one attached hydrogen (secondary N) is 1. The predicted octanol–water partition coefficient (Wildman–Crippen LogP) is 2.75. The molecule has 0 spiro atoms. The van der Waals surface area contributed by atoms with Crippen LogP contribution in [0.1, 0.15) is 25.7 Å². The van der Waals surface area contributed by atoms with Gasteiger partial charge in [-0.3, -0.25) is 14.5 Å². The van der Waals surface area contributed by atoms with Gasteiger partial charge >= 0.3 is 0 Å². The molecule has 1 aromatic heterocycles. The van der Waals surface area contributed by atoms with Gasteiger partial charge in [0.2, 0.25) is 11.8 Å². The predicted molar refractivity (Wildman–Crippen MR) is 115 cm³/mol. The topological polar surface area (TPSA) is 57.6 Å². The molecule has 4 rings (SSSR count). The molecule has 2 aromatic rings. The minimum atomic E-state index is -0.00229. The van der Waals surface area contributed by atoms with Crippen molar-refractivity contribution in [3.05, 3.63) is 35.5 Å². The summed E-state index contributed by atoms with van der Waals surface area (Å²) in [5, 5.41) is 4.76. The number of fused-ring (bicyclic) bond motifs is 1. The molecular formula is C22H29ClN4O2. The Morgan fingerprint density at radius 3 is 2.59 bits per heavy atom. The van der Waals surface area contributed by atoms with Crippen molar-refractivity contribution in [1.29, 1.82) is 0 Å². The maximum absolute atomic E-state index is 12.5. The molecule has 1 aliphatic heterocycles. The van der Waals surface area contributed by atoms with Gasteiger partial charge in [-0.25, -0.2) is 0 Å². The quantitative estimate of drug-likeness (QED) is 0.787. The molecule has 1 saturated heterocycles. The highest BCUT2D eigenvalue weighted by molar-refractivity contribution is 6.31. The first-order valence-electron chi connectivity index (χ1n) is 10.6. The van der Waals surface area contributed by atoms with Crippen LogP contribution in [-0.4, -0.2) is 65.4 Å². The molecule has 0 bridgehead atoms. The lowest BCUT2D eigenvalue weighted by atomic mass is 10.1. The van der Waals surface area contributed by atoms with E-state index in [1.807, 2.05) is 39.9 Å². The fourth-order valence-electron chi connectivity index (χ4n) is 4.48. The normalized spacial score (nSPS) is 18.4. The van der Waals surface area contributed by atoms with Crippen LogP contribution >= 0.6 is 11.6 Å². The lowest BCUT2D eigenvalue weighted by molar-refractivity contribution is -0.137. The Hall–Kier alpha value is -2.05. The standard InChI is InChI=1S/C22H29ClN4O2/c23-19-6-5-17-7-9-27(20(17)15-19)16-21(28)24-8-10-25-11-13-26(14-12-25)22(29)18-3-1-2-4-18/h5-7,9,15,18H,1-4,8,10-14,16H2,(H,24,28). The lowest BCUT2D eigenvalue weighted by Gasteiger charge is -2.36. The van der Waals surface area contributed by atoms with E-state index < -0.39 is 0 Å². The first-order chi connectivity index (χ1) is 14.1. The number of rotatable bonds is 6. The monoisotopic (exact) mass is 416 g/mol. The third-order valence-corrected chi connectivity index (χ3v) is 6.42. The molecule has 29 heavy (non-hydrogen) atoms. The zero-order valence-corrected chi connectivity index (χ0v) is 17.5. The largest absolute Gasteiger partial charge is 0.353 e. The van der Waals surface area contributed by atoms with E-state index in [4.69, 9.17) is 11.6 Å². The Morgan fingerprint density at radius 1 is 1.07 bits per heavy atom. The molecule has 6 nitrogen and oxygen atoms in total. The van der Waals surface area contributed by atoms with Gasteiger partial charge in [-0.2, -0.15) is 0 Å². The number of carbonyl (C=O) groups excluding carboxylic acids is 2. The van der Waals surface area contributed by atoms with Gasteiger partial charge in [-0.1, -0.05) is 30.5 Å². The summed E-state index contributed by atoms with van der Waals surface area (Å²) in [5.74, 6) is 0.618. The summed E-state index contributed by atoms with van der Waals surface area (Å²) in [6, 6.07) is 7.69. The molecule has 1 N–H and O–H groups in total. The number of nitrogens with zero attached hydrogens (tertiary/aromatic N) is 3. The number of hydrogen-bond acceptors (Lipinski definition) is 3. The van der Waals surface area contributed by atoms with Crippen LogP contribution in [0, 0.1) is 5.92 Å². The molecule has 1 aliphatic carbocycles. The molecular weight excluding hydrogens is 388 g/mol. The molecule has 2 heterocycles. The molecule has 156 valence electrons. The summed E-state index contributed by atoms with van der Waals surface area (Å²) in [4.78, 5) is 29.2. The first kappa shape index (κ1) is 20.2. The van der Waals surface area contributed by atoms with E-state index in [0.717, 1.165) is 56.5 Å². The first-order valence-corrected chi connectivity index (χ1v) is 11.0. The van der Waals surface area contributed by atoms with Crippen LogP contribution in [0.3, 0.4) is 0 Å². The van der Waals surface area contributed by atoms with E-state index in [2.05, 4.69) is 10.2 Å². The second kappa shape index (κ2) is 9.18. The van der Waals surface area contributed by atoms with Crippen LogP contribution in [-0.2, 0) is 16.1 Å². The average molecular weight is 417 g/mol. The molecule has 0 unspecified atom stereocenters. The molecule has 7 heteroatoms. The van der Waals surface area contributed by atoms with Gasteiger partial charge in [0.1, 0.15) is 6.54 Å². The maximum atomic E-state index is 12.5. The van der Waals surface area contributed by atoms with Gasteiger partial charge in [0.25, 0.3) is 0 Å². The van der Waals surface area contributed by atoms with Crippen molar-refractivity contribution in [1.82, 2.24) is 19.7 Å². The van der Waals surface area contributed by atoms with Gasteiger partial charge in [-0.15, -0.1) is 0 Å². The van der Waals surface area contributed by atoms with Crippen LogP contribution < -0.4 is 5.32 Å². The third kappa shape index (κ3) is 4.93. The van der Waals surface area contributed by atoms with Gasteiger partial charge in [0.15, 0.2) is 0 Å². The zero-order valence-electron chi connectivity index (χ0n) is 16.8. The van der Waals surface area contributed by atoms with Crippen molar-refractivity contribution in [3.8, 4) is 0 Å². The number of piperazine rings is 1. The average Bonchev–Trinajstić information content (AvgIpc) is 3.39. The third-order valence-electron chi connectivity index (χ3n) is 6.19. The molecule has 0 atom stereocenters. The highest BCUT2D eigenvalue weighted by Gasteiger charge is 2.29. The highest BCUT2D eigenvalue weighted by atomic mass is 35.5. The second-order valence-corrected chi connectivity index (χ2v) is 8.58. The summed E-state index contributed by atoms with van der Waals surface area (Å²) < 4.78 is 1.92. The van der Waals surface area contributed by atoms with E-state index in [9.17, 15) is 9.59 Å². The number of hydrogen-bond donors (Lipinski definition) is 1. The van der Waals surface area contributed by atoms with E-state index >= 15 is 0 Å². The van der Waals surface area contributed by atoms with Crippen LogP contribution in [0.15, 0.2) is 30.5 Å². The molecule has 2 amide bonds. The van der Waals surface area contributed by atoms with Crippen molar-refractivity contribution < 1.29 is 9.59 Å². The van der Waals surface area contributed by atoms with Crippen molar-refractivity contribution >= 4 is 34.3 Å². The Balaban J connectivity index is 1.18. The van der Waals surface area contributed by atoms with E-state index in [0.29, 0.717) is 17.5 Å². The van der Waals surface area contributed by atoms with Crippen molar-refractivity contribution in [2.45, 2.75) is 32.2 Å². The SMILES string of the molecule is O=C(Cn1ccc2ccc(Cl)cc21)NCCN1CCN(C(=O)C2CCCC2)CC1. The molecule has 1 saturated carbocycles. The minimum absolute atomic E-state index is 0.00229. The minimum Gasteiger partial charge on any atom is -0.353 e. The highest BCUT2D eigenvalue weighted by Crippen LogP contribution is 2.27. The summed E-state index contributed by atoms with van der Waals surface area (Å²) in [6.07, 6.45) is 6.44. The van der Waals surface area contributed by atoms with Gasteiger partial charge < -0.3 is 14.8 Å². The fraction of sp³-hybridized carbons (Fsp3) is 0.545. The van der Waals surface area contributed by atoms with Gasteiger partial charge in [0.05, 0.1) is 0 Å². The Kier molecular flexibility index (Phi) is 6.40. The second-order valence-electron chi connectivity index (χ2n) is 8.15. The van der Waals surface area contributed by atoms with Crippen molar-refractivity contribution in [3.63, 3.8) is 0 Å². The van der Waals surface area contributed by atoms with Crippen molar-refractivity contribution in [2.24, 2.45) is 5.92 Å². The Labute approximate surface area is 176 Å². The molecule has 2 fully saturated rings. The van der Waals surface area contributed by atoms with Crippen LogP contribution in [0.4, 0.5) is 0 Å². The van der Waals surface area contributed by atoms with Crippen LogP contribution in [0.25, 0.3) is 10.9 Å². The van der Waals surface area contributed by atoms with E-state index in [1.54, 1.807) is 0 Å². The number of halogens is 1. The molecule has 1 aromatic carbocycles. The zero-order chi connectivity index (χ0) is 20.2. The van der Waals surface area contributed by atoms with E-state index in [-0.39, 0.29) is 18.4 Å². The summed E-state index contributed by atoms with van der Waals surface area (Å²) in [5.41, 5.74) is 0.968. The van der Waals surface area contributed by atoms with Crippen molar-refractivity contribution in [2.75, 3.05) is 39.3 Å². The Bertz CT molecular complexity index is 867. The van der Waals surface area contributed by atoms with Crippen LogP contribution in [0.5, 0.6) is 0 Å². The smallest absolute Gasteiger partial charge is 0.239 e. The van der Waals surface area contributed by atoms with Crippen LogP contribution in [0.2, 0.25) is 5.02 Å². The molecule has 0 radical (unpaired) electrons.